The number of rotatable bonds is 3. The van der Waals surface area contributed by atoms with Crippen LogP contribution in [0.5, 0.6) is 0 Å². The summed E-state index contributed by atoms with van der Waals surface area (Å²) < 4.78 is 13.3. The van der Waals surface area contributed by atoms with Crippen LogP contribution in [0, 0.1) is 5.82 Å². The van der Waals surface area contributed by atoms with Gasteiger partial charge in [-0.2, -0.15) is 0 Å². The topological polar surface area (TPSA) is 45.2 Å². The third-order valence-electron chi connectivity index (χ3n) is 2.67. The standard InChI is InChI=1S/C11H13ClFN3O/c12-8-5-9(13)11(14-6-8)15-7-10(17)16-3-1-2-4-16/h5-6H,1-4,7H2,(H,14,15). The fourth-order valence-electron chi connectivity index (χ4n) is 1.78. The molecule has 1 amide bonds. The van der Waals surface area contributed by atoms with Gasteiger partial charge in [0.2, 0.25) is 5.91 Å². The highest BCUT2D eigenvalue weighted by atomic mass is 35.5. The molecule has 1 aliphatic rings. The fraction of sp³-hybridized carbons (Fsp3) is 0.455. The zero-order valence-corrected chi connectivity index (χ0v) is 10.0. The van der Waals surface area contributed by atoms with Gasteiger partial charge in [-0.05, 0) is 18.9 Å². The molecule has 0 unspecified atom stereocenters. The number of aromatic nitrogens is 1. The van der Waals surface area contributed by atoms with E-state index in [1.807, 2.05) is 0 Å². The summed E-state index contributed by atoms with van der Waals surface area (Å²) in [7, 11) is 0. The average molecular weight is 258 g/mol. The van der Waals surface area contributed by atoms with Gasteiger partial charge >= 0.3 is 0 Å². The molecule has 0 atom stereocenters. The van der Waals surface area contributed by atoms with Crippen LogP contribution < -0.4 is 5.32 Å². The number of halogens is 2. The quantitative estimate of drug-likeness (QED) is 0.900. The Kier molecular flexibility index (Phi) is 3.78. The molecule has 17 heavy (non-hydrogen) atoms. The maximum atomic E-state index is 13.3. The van der Waals surface area contributed by atoms with E-state index < -0.39 is 5.82 Å². The van der Waals surface area contributed by atoms with Crippen molar-refractivity contribution in [2.75, 3.05) is 25.0 Å². The number of amides is 1. The molecule has 1 saturated heterocycles. The summed E-state index contributed by atoms with van der Waals surface area (Å²) in [5, 5.41) is 2.92. The fourth-order valence-corrected chi connectivity index (χ4v) is 1.93. The number of nitrogens with one attached hydrogen (secondary N) is 1. The molecule has 1 aromatic heterocycles. The molecule has 0 saturated carbocycles. The van der Waals surface area contributed by atoms with E-state index in [-0.39, 0.29) is 23.3 Å². The average Bonchev–Trinajstić information content (AvgIpc) is 2.81. The zero-order valence-electron chi connectivity index (χ0n) is 9.25. The Labute approximate surface area is 104 Å². The second-order valence-electron chi connectivity index (χ2n) is 3.93. The van der Waals surface area contributed by atoms with Crippen LogP contribution in [0.15, 0.2) is 12.3 Å². The maximum absolute atomic E-state index is 13.3. The first-order valence-corrected chi connectivity index (χ1v) is 5.87. The molecule has 92 valence electrons. The minimum atomic E-state index is -0.549. The first-order valence-electron chi connectivity index (χ1n) is 5.49. The normalized spacial score (nSPS) is 15.1. The molecule has 1 aliphatic heterocycles. The van der Waals surface area contributed by atoms with Crippen LogP contribution in [-0.4, -0.2) is 35.4 Å². The summed E-state index contributed by atoms with van der Waals surface area (Å²) in [6, 6.07) is 1.16. The Morgan fingerprint density at radius 2 is 2.24 bits per heavy atom. The van der Waals surface area contributed by atoms with Crippen molar-refractivity contribution in [1.29, 1.82) is 0 Å². The number of anilines is 1. The van der Waals surface area contributed by atoms with Gasteiger partial charge in [0.15, 0.2) is 11.6 Å². The van der Waals surface area contributed by atoms with Crippen molar-refractivity contribution in [2.24, 2.45) is 0 Å². The highest BCUT2D eigenvalue weighted by Gasteiger charge is 2.17. The van der Waals surface area contributed by atoms with E-state index in [1.54, 1.807) is 4.90 Å². The number of nitrogens with zero attached hydrogens (tertiary/aromatic N) is 2. The summed E-state index contributed by atoms with van der Waals surface area (Å²) in [5.74, 6) is -0.521. The third-order valence-corrected chi connectivity index (χ3v) is 2.88. The molecule has 0 radical (unpaired) electrons. The molecule has 2 heterocycles. The molecule has 1 fully saturated rings. The number of carbonyl (C=O) groups excluding carboxylic acids is 1. The molecule has 1 N–H and O–H groups in total. The third kappa shape index (κ3) is 3.06. The number of likely N-dealkylation sites (tertiary alicyclic amines) is 1. The second-order valence-corrected chi connectivity index (χ2v) is 4.36. The summed E-state index contributed by atoms with van der Waals surface area (Å²) in [6.07, 6.45) is 3.42. The van der Waals surface area contributed by atoms with E-state index in [0.717, 1.165) is 32.0 Å². The van der Waals surface area contributed by atoms with Gasteiger partial charge in [0.05, 0.1) is 11.6 Å². The Morgan fingerprint density at radius 1 is 1.53 bits per heavy atom. The van der Waals surface area contributed by atoms with Gasteiger partial charge < -0.3 is 10.2 Å². The van der Waals surface area contributed by atoms with Gasteiger partial charge in [0.25, 0.3) is 0 Å². The Morgan fingerprint density at radius 3 is 2.88 bits per heavy atom. The minimum absolute atomic E-state index is 0.0290. The summed E-state index contributed by atoms with van der Waals surface area (Å²) in [5.41, 5.74) is 0. The monoisotopic (exact) mass is 257 g/mol. The molecule has 2 rings (SSSR count). The van der Waals surface area contributed by atoms with Gasteiger partial charge in [0.1, 0.15) is 0 Å². The lowest BCUT2D eigenvalue weighted by molar-refractivity contribution is -0.128. The van der Waals surface area contributed by atoms with E-state index in [4.69, 9.17) is 11.6 Å². The van der Waals surface area contributed by atoms with Crippen LogP contribution in [0.25, 0.3) is 0 Å². The lowest BCUT2D eigenvalue weighted by Crippen LogP contribution is -2.33. The van der Waals surface area contributed by atoms with E-state index in [1.165, 1.54) is 6.20 Å². The van der Waals surface area contributed by atoms with Crippen molar-refractivity contribution in [3.63, 3.8) is 0 Å². The molecule has 0 aromatic carbocycles. The molecular formula is C11H13ClFN3O. The number of pyridine rings is 1. The van der Waals surface area contributed by atoms with Gasteiger partial charge in [-0.15, -0.1) is 0 Å². The molecular weight excluding hydrogens is 245 g/mol. The van der Waals surface area contributed by atoms with E-state index in [9.17, 15) is 9.18 Å². The minimum Gasteiger partial charge on any atom is -0.359 e. The zero-order chi connectivity index (χ0) is 12.3. The Bertz CT molecular complexity index is 421. The highest BCUT2D eigenvalue weighted by molar-refractivity contribution is 6.30. The Balaban J connectivity index is 1.90. The van der Waals surface area contributed by atoms with Crippen molar-refractivity contribution >= 4 is 23.3 Å². The summed E-state index contributed by atoms with van der Waals surface area (Å²) in [4.78, 5) is 17.2. The first kappa shape index (κ1) is 12.1. The van der Waals surface area contributed by atoms with Crippen LogP contribution in [0.2, 0.25) is 5.02 Å². The predicted molar refractivity (Wildman–Crippen MR) is 63.5 cm³/mol. The van der Waals surface area contributed by atoms with Crippen molar-refractivity contribution in [1.82, 2.24) is 9.88 Å². The van der Waals surface area contributed by atoms with Gasteiger partial charge in [-0.25, -0.2) is 9.37 Å². The second kappa shape index (κ2) is 5.31. The number of hydrogen-bond donors (Lipinski definition) is 1. The Hall–Kier alpha value is -1.36. The van der Waals surface area contributed by atoms with Gasteiger partial charge in [-0.3, -0.25) is 4.79 Å². The van der Waals surface area contributed by atoms with E-state index in [0.29, 0.717) is 0 Å². The number of hydrogen-bond acceptors (Lipinski definition) is 3. The number of carbonyl (C=O) groups is 1. The van der Waals surface area contributed by atoms with Crippen molar-refractivity contribution in [3.8, 4) is 0 Å². The van der Waals surface area contributed by atoms with E-state index in [2.05, 4.69) is 10.3 Å². The molecule has 4 nitrogen and oxygen atoms in total. The lowest BCUT2D eigenvalue weighted by Gasteiger charge is -2.15. The predicted octanol–water partition coefficient (Wildman–Crippen LogP) is 1.91. The van der Waals surface area contributed by atoms with Crippen LogP contribution in [0.4, 0.5) is 10.2 Å². The van der Waals surface area contributed by atoms with Crippen molar-refractivity contribution in [2.45, 2.75) is 12.8 Å². The smallest absolute Gasteiger partial charge is 0.241 e. The lowest BCUT2D eigenvalue weighted by atomic mass is 10.4. The molecule has 1 aromatic rings. The summed E-state index contributed by atoms with van der Waals surface area (Å²) in [6.45, 7) is 1.64. The van der Waals surface area contributed by atoms with Crippen LogP contribution in [0.3, 0.4) is 0 Å². The largest absolute Gasteiger partial charge is 0.359 e. The van der Waals surface area contributed by atoms with Gasteiger partial charge in [-0.1, -0.05) is 11.6 Å². The highest BCUT2D eigenvalue weighted by Crippen LogP contribution is 2.15. The molecule has 0 spiro atoms. The van der Waals surface area contributed by atoms with Gasteiger partial charge in [0, 0.05) is 19.3 Å². The molecule has 0 aliphatic carbocycles. The van der Waals surface area contributed by atoms with Crippen LogP contribution in [-0.2, 0) is 4.79 Å². The van der Waals surface area contributed by atoms with Crippen molar-refractivity contribution < 1.29 is 9.18 Å². The molecule has 0 bridgehead atoms. The first-order chi connectivity index (χ1) is 8.16. The molecule has 6 heteroatoms. The van der Waals surface area contributed by atoms with E-state index >= 15 is 0 Å². The van der Waals surface area contributed by atoms with Crippen LogP contribution >= 0.6 is 11.6 Å². The summed E-state index contributed by atoms with van der Waals surface area (Å²) >= 11 is 5.58. The maximum Gasteiger partial charge on any atom is 0.241 e. The van der Waals surface area contributed by atoms with Crippen molar-refractivity contribution in [3.05, 3.63) is 23.1 Å². The van der Waals surface area contributed by atoms with Crippen LogP contribution in [0.1, 0.15) is 12.8 Å². The SMILES string of the molecule is O=C(CNc1ncc(Cl)cc1F)N1CCCC1.